The zero-order chi connectivity index (χ0) is 17.3. The van der Waals surface area contributed by atoms with Gasteiger partial charge in [-0.1, -0.05) is 17.7 Å². The molecular weight excluding hydrogens is 338 g/mol. The molecule has 0 saturated carbocycles. The summed E-state index contributed by atoms with van der Waals surface area (Å²) in [6.45, 7) is 1.71. The predicted molar refractivity (Wildman–Crippen MR) is 77.0 cm³/mol. The van der Waals surface area contributed by atoms with Gasteiger partial charge in [0.2, 0.25) is 11.6 Å². The average Bonchev–Trinajstić information content (AvgIpc) is 2.50. The second-order valence-corrected chi connectivity index (χ2v) is 4.99. The molecule has 2 aromatic carbocycles. The van der Waals surface area contributed by atoms with E-state index in [0.29, 0.717) is 10.6 Å². The number of hydrogen-bond donors (Lipinski definition) is 1. The van der Waals surface area contributed by atoms with E-state index >= 15 is 0 Å². The zero-order valence-electron chi connectivity index (χ0n) is 11.9. The summed E-state index contributed by atoms with van der Waals surface area (Å²) < 4.78 is 59.1. The van der Waals surface area contributed by atoms with Crippen LogP contribution in [0.1, 0.15) is 15.9 Å². The number of benzene rings is 2. The number of aryl methyl sites for hydroxylation is 1. The molecule has 0 saturated heterocycles. The van der Waals surface area contributed by atoms with Crippen LogP contribution in [-0.2, 0) is 0 Å². The van der Waals surface area contributed by atoms with Crippen LogP contribution in [0.2, 0.25) is 5.02 Å². The van der Waals surface area contributed by atoms with E-state index < -0.39 is 40.5 Å². The highest BCUT2D eigenvalue weighted by molar-refractivity contribution is 6.31. The fourth-order valence-electron chi connectivity index (χ4n) is 1.85. The van der Waals surface area contributed by atoms with E-state index in [9.17, 15) is 22.4 Å². The molecule has 0 aromatic heterocycles. The summed E-state index contributed by atoms with van der Waals surface area (Å²) in [5.74, 6) is -9.89. The second kappa shape index (κ2) is 6.45. The summed E-state index contributed by atoms with van der Waals surface area (Å²) in [6, 6.07) is 4.31. The topological polar surface area (TPSA) is 38.3 Å². The van der Waals surface area contributed by atoms with Crippen molar-refractivity contribution in [3.05, 3.63) is 57.6 Å². The summed E-state index contributed by atoms with van der Waals surface area (Å²) in [5.41, 5.74) is -0.568. The van der Waals surface area contributed by atoms with E-state index in [1.807, 2.05) is 0 Å². The first-order valence-electron chi connectivity index (χ1n) is 6.25. The Morgan fingerprint density at radius 2 is 1.65 bits per heavy atom. The van der Waals surface area contributed by atoms with Crippen LogP contribution < -0.4 is 10.1 Å². The highest BCUT2D eigenvalue weighted by atomic mass is 35.5. The number of anilines is 1. The Morgan fingerprint density at radius 3 is 2.13 bits per heavy atom. The Balaban J connectivity index is 2.45. The Morgan fingerprint density at radius 1 is 1.09 bits per heavy atom. The maximum Gasteiger partial charge on any atom is 0.261 e. The zero-order valence-corrected chi connectivity index (χ0v) is 12.7. The Labute approximate surface area is 133 Å². The molecule has 2 rings (SSSR count). The average molecular weight is 348 g/mol. The van der Waals surface area contributed by atoms with Gasteiger partial charge in [0.05, 0.1) is 7.11 Å². The third-order valence-electron chi connectivity index (χ3n) is 3.08. The van der Waals surface area contributed by atoms with E-state index in [0.717, 1.165) is 7.11 Å². The minimum atomic E-state index is -1.85. The lowest BCUT2D eigenvalue weighted by Crippen LogP contribution is -2.18. The Bertz CT molecular complexity index is 767. The standard InChI is InChI=1S/C15H10ClF4NO2/c1-6-3-4-7(5-8(6)16)21-15(22)9-10(17)12(19)14(23-2)13(20)11(9)18/h3-5H,1-2H3,(H,21,22). The van der Waals surface area contributed by atoms with Crippen molar-refractivity contribution in [1.82, 2.24) is 0 Å². The quantitative estimate of drug-likeness (QED) is 0.657. The number of rotatable bonds is 3. The SMILES string of the molecule is COc1c(F)c(F)c(C(=O)Nc2ccc(C)c(Cl)c2)c(F)c1F. The van der Waals surface area contributed by atoms with Crippen LogP contribution >= 0.6 is 11.6 Å². The van der Waals surface area contributed by atoms with Crippen molar-refractivity contribution in [3.63, 3.8) is 0 Å². The number of halogens is 5. The van der Waals surface area contributed by atoms with Crippen LogP contribution in [-0.4, -0.2) is 13.0 Å². The summed E-state index contributed by atoms with van der Waals surface area (Å²) in [5, 5.41) is 2.42. The van der Waals surface area contributed by atoms with Crippen molar-refractivity contribution in [2.24, 2.45) is 0 Å². The third kappa shape index (κ3) is 3.10. The molecule has 0 heterocycles. The molecule has 122 valence electrons. The normalized spacial score (nSPS) is 10.6. The smallest absolute Gasteiger partial charge is 0.261 e. The van der Waals surface area contributed by atoms with Crippen LogP contribution in [0.5, 0.6) is 5.75 Å². The van der Waals surface area contributed by atoms with Gasteiger partial charge in [-0.3, -0.25) is 4.79 Å². The van der Waals surface area contributed by atoms with E-state index in [1.54, 1.807) is 13.0 Å². The molecule has 3 nitrogen and oxygen atoms in total. The number of hydrogen-bond acceptors (Lipinski definition) is 2. The molecule has 1 N–H and O–H groups in total. The minimum Gasteiger partial charge on any atom is -0.491 e. The van der Waals surface area contributed by atoms with Crippen molar-refractivity contribution in [1.29, 1.82) is 0 Å². The molecule has 1 amide bonds. The molecular formula is C15H10ClF4NO2. The van der Waals surface area contributed by atoms with Gasteiger partial charge in [-0.15, -0.1) is 0 Å². The number of methoxy groups -OCH3 is 1. The van der Waals surface area contributed by atoms with Crippen molar-refractivity contribution < 1.29 is 27.1 Å². The first-order valence-corrected chi connectivity index (χ1v) is 6.63. The molecule has 0 spiro atoms. The van der Waals surface area contributed by atoms with Gasteiger partial charge >= 0.3 is 0 Å². The molecule has 0 aliphatic heterocycles. The van der Waals surface area contributed by atoms with Crippen molar-refractivity contribution in [3.8, 4) is 5.75 Å². The molecule has 2 aromatic rings. The van der Waals surface area contributed by atoms with Crippen LogP contribution in [0.3, 0.4) is 0 Å². The predicted octanol–water partition coefficient (Wildman–Crippen LogP) is 4.47. The molecule has 0 aliphatic rings. The van der Waals surface area contributed by atoms with Crippen LogP contribution in [0.15, 0.2) is 18.2 Å². The number of carbonyl (C=O) groups is 1. The molecule has 0 bridgehead atoms. The van der Waals surface area contributed by atoms with E-state index in [2.05, 4.69) is 10.1 Å². The third-order valence-corrected chi connectivity index (χ3v) is 3.49. The minimum absolute atomic E-state index is 0.112. The molecule has 0 aliphatic carbocycles. The first-order chi connectivity index (χ1) is 10.8. The highest BCUT2D eigenvalue weighted by Gasteiger charge is 2.30. The number of ether oxygens (including phenoxy) is 1. The van der Waals surface area contributed by atoms with E-state index in [1.165, 1.54) is 12.1 Å². The summed E-state index contributed by atoms with van der Waals surface area (Å²) in [7, 11) is 0.842. The van der Waals surface area contributed by atoms with E-state index in [-0.39, 0.29) is 5.69 Å². The van der Waals surface area contributed by atoms with Gasteiger partial charge in [0, 0.05) is 10.7 Å². The van der Waals surface area contributed by atoms with Gasteiger partial charge < -0.3 is 10.1 Å². The maximum absolute atomic E-state index is 13.8. The van der Waals surface area contributed by atoms with Crippen molar-refractivity contribution >= 4 is 23.2 Å². The van der Waals surface area contributed by atoms with Gasteiger partial charge in [0.25, 0.3) is 5.91 Å². The summed E-state index contributed by atoms with van der Waals surface area (Å²) in [4.78, 5) is 11.9. The first kappa shape index (κ1) is 17.1. The lowest BCUT2D eigenvalue weighted by atomic mass is 10.1. The molecule has 23 heavy (non-hydrogen) atoms. The fourth-order valence-corrected chi connectivity index (χ4v) is 2.03. The summed E-state index contributed by atoms with van der Waals surface area (Å²) >= 11 is 5.86. The highest BCUT2D eigenvalue weighted by Crippen LogP contribution is 2.30. The molecule has 8 heteroatoms. The van der Waals surface area contributed by atoms with E-state index in [4.69, 9.17) is 11.6 Å². The second-order valence-electron chi connectivity index (χ2n) is 4.58. The van der Waals surface area contributed by atoms with Crippen LogP contribution in [0, 0.1) is 30.2 Å². The lowest BCUT2D eigenvalue weighted by molar-refractivity contribution is 0.101. The maximum atomic E-state index is 13.8. The number of carbonyl (C=O) groups excluding carboxylic acids is 1. The molecule has 0 atom stereocenters. The van der Waals surface area contributed by atoms with Gasteiger partial charge in [-0.2, -0.15) is 8.78 Å². The van der Waals surface area contributed by atoms with Crippen LogP contribution in [0.4, 0.5) is 23.2 Å². The summed E-state index contributed by atoms with van der Waals surface area (Å²) in [6.07, 6.45) is 0. The number of amides is 1. The molecule has 0 radical (unpaired) electrons. The van der Waals surface area contributed by atoms with Gasteiger partial charge in [0.1, 0.15) is 5.56 Å². The molecule has 0 fully saturated rings. The van der Waals surface area contributed by atoms with Gasteiger partial charge in [-0.25, -0.2) is 8.78 Å². The lowest BCUT2D eigenvalue weighted by Gasteiger charge is -2.11. The van der Waals surface area contributed by atoms with Gasteiger partial charge in [0.15, 0.2) is 17.4 Å². The van der Waals surface area contributed by atoms with Crippen molar-refractivity contribution in [2.45, 2.75) is 6.92 Å². The van der Waals surface area contributed by atoms with Crippen molar-refractivity contribution in [2.75, 3.05) is 12.4 Å². The monoisotopic (exact) mass is 347 g/mol. The van der Waals surface area contributed by atoms with Crippen LogP contribution in [0.25, 0.3) is 0 Å². The molecule has 0 unspecified atom stereocenters. The fraction of sp³-hybridized carbons (Fsp3) is 0.133. The largest absolute Gasteiger partial charge is 0.491 e. The Kier molecular flexibility index (Phi) is 4.79. The van der Waals surface area contributed by atoms with Gasteiger partial charge in [-0.05, 0) is 24.6 Å². The number of nitrogens with one attached hydrogen (secondary N) is 1. The Hall–Kier alpha value is -2.28.